The summed E-state index contributed by atoms with van der Waals surface area (Å²) in [6.07, 6.45) is 1.67. The number of benzene rings is 2. The normalized spacial score (nSPS) is 11.0. The lowest BCUT2D eigenvalue weighted by molar-refractivity contribution is 0.0725. The number of aryl methyl sites for hydroxylation is 1. The van der Waals surface area contributed by atoms with Crippen LogP contribution in [0.25, 0.3) is 11.6 Å². The van der Waals surface area contributed by atoms with Crippen LogP contribution in [0.4, 0.5) is 4.39 Å². The average Bonchev–Trinajstić information content (AvgIpc) is 3.13. The lowest BCUT2D eigenvalue weighted by Crippen LogP contribution is -2.11. The summed E-state index contributed by atoms with van der Waals surface area (Å²) in [4.78, 5) is 16.5. The molecule has 0 fully saturated rings. The molecule has 2 aromatic carbocycles. The highest BCUT2D eigenvalue weighted by Crippen LogP contribution is 2.31. The molecule has 28 heavy (non-hydrogen) atoms. The van der Waals surface area contributed by atoms with Crippen molar-refractivity contribution < 1.29 is 18.7 Å². The Bertz CT molecular complexity index is 1100. The minimum atomic E-state index is -0.823. The van der Waals surface area contributed by atoms with E-state index in [-0.39, 0.29) is 17.1 Å². The first-order valence-electron chi connectivity index (χ1n) is 8.21. The van der Waals surface area contributed by atoms with Crippen molar-refractivity contribution in [2.24, 2.45) is 0 Å². The van der Waals surface area contributed by atoms with Gasteiger partial charge in [0.05, 0.1) is 18.2 Å². The van der Waals surface area contributed by atoms with Gasteiger partial charge in [0.2, 0.25) is 0 Å². The van der Waals surface area contributed by atoms with Crippen LogP contribution in [0, 0.1) is 24.1 Å². The van der Waals surface area contributed by atoms with Gasteiger partial charge in [-0.2, -0.15) is 5.26 Å². The molecule has 0 aliphatic rings. The number of hydrogen-bond donors (Lipinski definition) is 0. The zero-order chi connectivity index (χ0) is 20.1. The van der Waals surface area contributed by atoms with Crippen molar-refractivity contribution in [2.45, 2.75) is 6.92 Å². The number of carbonyl (C=O) groups excluding carboxylic acids is 1. The summed E-state index contributed by atoms with van der Waals surface area (Å²) in [5.74, 6) is -1.05. The molecule has 0 radical (unpaired) electrons. The molecule has 0 atom stereocenters. The maximum absolute atomic E-state index is 13.8. The van der Waals surface area contributed by atoms with Crippen LogP contribution in [0.2, 0.25) is 0 Å². The fraction of sp³-hybridized carbons (Fsp3) is 0.0952. The van der Waals surface area contributed by atoms with E-state index < -0.39 is 11.8 Å². The fourth-order valence-electron chi connectivity index (χ4n) is 2.43. The Labute approximate surface area is 165 Å². The zero-order valence-corrected chi connectivity index (χ0v) is 15.9. The van der Waals surface area contributed by atoms with Gasteiger partial charge in [0.1, 0.15) is 16.9 Å². The molecule has 0 amide bonds. The molecule has 140 valence electrons. The number of hydrogen-bond acceptors (Lipinski definition) is 6. The van der Waals surface area contributed by atoms with Gasteiger partial charge in [0.25, 0.3) is 0 Å². The van der Waals surface area contributed by atoms with Gasteiger partial charge in [0.15, 0.2) is 11.5 Å². The van der Waals surface area contributed by atoms with Crippen LogP contribution in [0.5, 0.6) is 11.5 Å². The van der Waals surface area contributed by atoms with Gasteiger partial charge in [-0.25, -0.2) is 14.2 Å². The molecule has 5 nitrogen and oxygen atoms in total. The van der Waals surface area contributed by atoms with Crippen molar-refractivity contribution >= 4 is 29.0 Å². The molecule has 1 heterocycles. The maximum Gasteiger partial charge on any atom is 0.346 e. The fourth-order valence-corrected chi connectivity index (χ4v) is 3.19. The number of carbonyl (C=O) groups is 1. The third-order valence-electron chi connectivity index (χ3n) is 3.76. The van der Waals surface area contributed by atoms with Gasteiger partial charge in [0, 0.05) is 11.1 Å². The number of methoxy groups -OCH3 is 1. The van der Waals surface area contributed by atoms with E-state index in [4.69, 9.17) is 9.47 Å². The third-order valence-corrected chi connectivity index (χ3v) is 4.76. The smallest absolute Gasteiger partial charge is 0.346 e. The lowest BCUT2D eigenvalue weighted by atomic mass is 10.1. The number of halogens is 1. The summed E-state index contributed by atoms with van der Waals surface area (Å²) in [6, 6.07) is 12.5. The van der Waals surface area contributed by atoms with Crippen LogP contribution >= 0.6 is 11.3 Å². The van der Waals surface area contributed by atoms with Gasteiger partial charge in [-0.1, -0.05) is 18.2 Å². The van der Waals surface area contributed by atoms with Crippen LogP contribution in [-0.4, -0.2) is 18.1 Å². The van der Waals surface area contributed by atoms with Gasteiger partial charge in [-0.15, -0.1) is 11.3 Å². The SMILES string of the molecule is COc1cc(/C=C(\C#N)c2nc(C)cs2)ccc1OC(=O)c1ccccc1F. The third kappa shape index (κ3) is 4.24. The molecule has 0 saturated heterocycles. The number of allylic oxidation sites excluding steroid dienone is 1. The van der Waals surface area contributed by atoms with E-state index in [0.29, 0.717) is 16.1 Å². The molecule has 0 spiro atoms. The van der Waals surface area contributed by atoms with Crippen LogP contribution in [0.15, 0.2) is 47.8 Å². The minimum absolute atomic E-state index is 0.150. The van der Waals surface area contributed by atoms with Crippen molar-refractivity contribution in [3.05, 3.63) is 75.5 Å². The molecule has 0 aliphatic heterocycles. The lowest BCUT2D eigenvalue weighted by Gasteiger charge is -2.10. The van der Waals surface area contributed by atoms with E-state index in [1.807, 2.05) is 12.3 Å². The molecule has 0 aliphatic carbocycles. The van der Waals surface area contributed by atoms with Gasteiger partial charge in [-0.3, -0.25) is 0 Å². The Morgan fingerprint density at radius 1 is 1.25 bits per heavy atom. The van der Waals surface area contributed by atoms with E-state index >= 15 is 0 Å². The van der Waals surface area contributed by atoms with Gasteiger partial charge >= 0.3 is 5.97 Å². The summed E-state index contributed by atoms with van der Waals surface area (Å²) in [5.41, 5.74) is 1.76. The largest absolute Gasteiger partial charge is 0.493 e. The first kappa shape index (κ1) is 19.3. The van der Waals surface area contributed by atoms with E-state index in [2.05, 4.69) is 11.1 Å². The number of ether oxygens (including phenoxy) is 2. The van der Waals surface area contributed by atoms with Crippen molar-refractivity contribution in [3.63, 3.8) is 0 Å². The Kier molecular flexibility index (Phi) is 5.82. The maximum atomic E-state index is 13.8. The van der Waals surface area contributed by atoms with E-state index in [0.717, 1.165) is 5.69 Å². The second-order valence-corrected chi connectivity index (χ2v) is 6.60. The summed E-state index contributed by atoms with van der Waals surface area (Å²) in [7, 11) is 1.43. The molecule has 0 N–H and O–H groups in total. The molecule has 3 rings (SSSR count). The molecule has 7 heteroatoms. The van der Waals surface area contributed by atoms with Crippen LogP contribution in [-0.2, 0) is 0 Å². The first-order chi connectivity index (χ1) is 13.5. The zero-order valence-electron chi connectivity index (χ0n) is 15.1. The number of rotatable bonds is 5. The highest BCUT2D eigenvalue weighted by atomic mass is 32.1. The molecule has 0 bridgehead atoms. The first-order valence-corrected chi connectivity index (χ1v) is 9.09. The average molecular weight is 394 g/mol. The quantitative estimate of drug-likeness (QED) is 0.350. The number of esters is 1. The van der Waals surface area contributed by atoms with Crippen molar-refractivity contribution in [1.29, 1.82) is 5.26 Å². The van der Waals surface area contributed by atoms with E-state index in [1.165, 1.54) is 42.7 Å². The highest BCUT2D eigenvalue weighted by molar-refractivity contribution is 7.11. The van der Waals surface area contributed by atoms with Gasteiger partial charge < -0.3 is 9.47 Å². The van der Waals surface area contributed by atoms with Crippen LogP contribution in [0.3, 0.4) is 0 Å². The second-order valence-electron chi connectivity index (χ2n) is 5.74. The van der Waals surface area contributed by atoms with E-state index in [1.54, 1.807) is 24.3 Å². The van der Waals surface area contributed by atoms with Gasteiger partial charge in [-0.05, 0) is 42.8 Å². The van der Waals surface area contributed by atoms with Crippen molar-refractivity contribution in [2.75, 3.05) is 7.11 Å². The molecular formula is C21H15FN2O3S. The predicted molar refractivity (Wildman–Crippen MR) is 105 cm³/mol. The summed E-state index contributed by atoms with van der Waals surface area (Å²) < 4.78 is 24.3. The van der Waals surface area contributed by atoms with Crippen molar-refractivity contribution in [3.8, 4) is 17.6 Å². The Morgan fingerprint density at radius 2 is 2.04 bits per heavy atom. The van der Waals surface area contributed by atoms with Crippen LogP contribution < -0.4 is 9.47 Å². The molecular weight excluding hydrogens is 379 g/mol. The summed E-state index contributed by atoms with van der Waals surface area (Å²) >= 11 is 1.38. The second kappa shape index (κ2) is 8.46. The standard InChI is InChI=1S/C21H15FN2O3S/c1-13-12-28-20(24-13)15(11-23)9-14-7-8-18(19(10-14)26-2)27-21(25)16-5-3-4-6-17(16)22/h3-10,12H,1-2H3/b15-9+. The molecule has 0 unspecified atom stereocenters. The number of nitriles is 1. The van der Waals surface area contributed by atoms with E-state index in [9.17, 15) is 14.4 Å². The molecule has 0 saturated carbocycles. The highest BCUT2D eigenvalue weighted by Gasteiger charge is 2.16. The summed E-state index contributed by atoms with van der Waals surface area (Å²) in [6.45, 7) is 1.86. The Hall–Kier alpha value is -3.50. The number of aromatic nitrogens is 1. The topological polar surface area (TPSA) is 72.2 Å². The minimum Gasteiger partial charge on any atom is -0.493 e. The molecule has 3 aromatic rings. The number of nitrogens with zero attached hydrogens (tertiary/aromatic N) is 2. The molecule has 1 aromatic heterocycles. The monoisotopic (exact) mass is 394 g/mol. The Balaban J connectivity index is 1.88. The van der Waals surface area contributed by atoms with Crippen molar-refractivity contribution in [1.82, 2.24) is 4.98 Å². The Morgan fingerprint density at radius 3 is 2.68 bits per heavy atom. The summed E-state index contributed by atoms with van der Waals surface area (Å²) in [5, 5.41) is 11.9. The predicted octanol–water partition coefficient (Wildman–Crippen LogP) is 4.88. The number of thiazole rings is 1. The van der Waals surface area contributed by atoms with Crippen LogP contribution in [0.1, 0.15) is 26.6 Å².